The van der Waals surface area contributed by atoms with Gasteiger partial charge in [-0.3, -0.25) is 4.79 Å². The van der Waals surface area contributed by atoms with Gasteiger partial charge in [-0.05, 0) is 31.2 Å². The molecule has 0 aliphatic carbocycles. The van der Waals surface area contributed by atoms with E-state index in [1.165, 1.54) is 24.8 Å². The summed E-state index contributed by atoms with van der Waals surface area (Å²) in [6.45, 7) is 3.20. The van der Waals surface area contributed by atoms with Crippen molar-refractivity contribution in [3.63, 3.8) is 0 Å². The monoisotopic (exact) mass is 378 g/mol. The second-order valence-electron chi connectivity index (χ2n) is 7.19. The number of carbonyl (C=O) groups excluding carboxylic acids is 1. The molecule has 4 rings (SSSR count). The summed E-state index contributed by atoms with van der Waals surface area (Å²) in [7, 11) is 0. The quantitative estimate of drug-likeness (QED) is 0.684. The first-order valence-corrected chi connectivity index (χ1v) is 10.0. The summed E-state index contributed by atoms with van der Waals surface area (Å²) in [5.41, 5.74) is 2.01. The number of nitrogens with zero attached hydrogens (tertiary/aromatic N) is 5. The number of carbonyl (C=O) groups is 1. The van der Waals surface area contributed by atoms with Crippen LogP contribution in [0.3, 0.4) is 0 Å². The van der Waals surface area contributed by atoms with Gasteiger partial charge in [-0.15, -0.1) is 0 Å². The molecule has 0 spiro atoms. The molecule has 1 N–H and O–H groups in total. The summed E-state index contributed by atoms with van der Waals surface area (Å²) in [6, 6.07) is 10.1. The Balaban J connectivity index is 1.33. The van der Waals surface area contributed by atoms with Gasteiger partial charge in [0.15, 0.2) is 5.65 Å². The van der Waals surface area contributed by atoms with Crippen LogP contribution in [0.15, 0.2) is 42.9 Å². The van der Waals surface area contributed by atoms with Crippen LogP contribution in [0.25, 0.3) is 11.0 Å². The standard InChI is InChI=1S/C21H26N6O/c28-19(10-9-17-7-3-1-4-8-17)22-11-14-27-21-18(15-25-27)20(23-16-24-21)26-12-5-2-6-13-26/h1,3-4,7-8,15-16H,2,5-6,9-14H2,(H,22,28). The van der Waals surface area contributed by atoms with Gasteiger partial charge < -0.3 is 10.2 Å². The Morgan fingerprint density at radius 1 is 1.07 bits per heavy atom. The van der Waals surface area contributed by atoms with E-state index >= 15 is 0 Å². The molecule has 1 amide bonds. The van der Waals surface area contributed by atoms with Crippen LogP contribution in [-0.2, 0) is 17.8 Å². The Labute approximate surface area is 164 Å². The largest absolute Gasteiger partial charge is 0.356 e. The average Bonchev–Trinajstić information content (AvgIpc) is 3.17. The predicted octanol–water partition coefficient (Wildman–Crippen LogP) is 2.57. The molecule has 1 aliphatic rings. The molecule has 0 saturated carbocycles. The van der Waals surface area contributed by atoms with Crippen molar-refractivity contribution >= 4 is 22.8 Å². The van der Waals surface area contributed by atoms with E-state index in [4.69, 9.17) is 0 Å². The van der Waals surface area contributed by atoms with E-state index in [0.717, 1.165) is 36.4 Å². The van der Waals surface area contributed by atoms with E-state index in [0.29, 0.717) is 19.5 Å². The van der Waals surface area contributed by atoms with Crippen molar-refractivity contribution in [2.75, 3.05) is 24.5 Å². The minimum absolute atomic E-state index is 0.0592. The lowest BCUT2D eigenvalue weighted by atomic mass is 10.1. The van der Waals surface area contributed by atoms with Gasteiger partial charge in [-0.2, -0.15) is 5.10 Å². The number of rotatable bonds is 7. The first-order chi connectivity index (χ1) is 13.8. The molecule has 1 saturated heterocycles. The van der Waals surface area contributed by atoms with Crippen molar-refractivity contribution in [3.8, 4) is 0 Å². The number of fused-ring (bicyclic) bond motifs is 1. The summed E-state index contributed by atoms with van der Waals surface area (Å²) >= 11 is 0. The summed E-state index contributed by atoms with van der Waals surface area (Å²) in [6.07, 6.45) is 8.39. The third-order valence-corrected chi connectivity index (χ3v) is 5.20. The van der Waals surface area contributed by atoms with Gasteiger partial charge in [-0.25, -0.2) is 14.6 Å². The number of benzene rings is 1. The molecule has 7 nitrogen and oxygen atoms in total. The van der Waals surface area contributed by atoms with Gasteiger partial charge in [0.25, 0.3) is 0 Å². The highest BCUT2D eigenvalue weighted by Crippen LogP contribution is 2.25. The lowest BCUT2D eigenvalue weighted by molar-refractivity contribution is -0.121. The maximum atomic E-state index is 12.1. The fraction of sp³-hybridized carbons (Fsp3) is 0.429. The SMILES string of the molecule is O=C(CCc1ccccc1)NCCn1ncc2c(N3CCCCC3)ncnc21. The van der Waals surface area contributed by atoms with Crippen molar-refractivity contribution < 1.29 is 4.79 Å². The maximum Gasteiger partial charge on any atom is 0.220 e. The van der Waals surface area contributed by atoms with E-state index in [9.17, 15) is 4.79 Å². The van der Waals surface area contributed by atoms with Gasteiger partial charge in [-0.1, -0.05) is 30.3 Å². The second kappa shape index (κ2) is 8.82. The molecule has 3 aromatic rings. The zero-order valence-corrected chi connectivity index (χ0v) is 16.0. The first kappa shape index (κ1) is 18.4. The lowest BCUT2D eigenvalue weighted by Gasteiger charge is -2.27. The molecular weight excluding hydrogens is 352 g/mol. The average molecular weight is 378 g/mol. The molecular formula is C21H26N6O. The van der Waals surface area contributed by atoms with Crippen LogP contribution in [0.2, 0.25) is 0 Å². The van der Waals surface area contributed by atoms with Gasteiger partial charge in [0.05, 0.1) is 18.1 Å². The summed E-state index contributed by atoms with van der Waals surface area (Å²) < 4.78 is 1.85. The van der Waals surface area contributed by atoms with Crippen molar-refractivity contribution in [2.24, 2.45) is 0 Å². The molecule has 3 heterocycles. The third kappa shape index (κ3) is 4.30. The van der Waals surface area contributed by atoms with Gasteiger partial charge in [0, 0.05) is 26.1 Å². The Morgan fingerprint density at radius 3 is 2.71 bits per heavy atom. The molecule has 0 atom stereocenters. The van der Waals surface area contributed by atoms with Crippen molar-refractivity contribution in [1.82, 2.24) is 25.1 Å². The number of amides is 1. The number of aromatic nitrogens is 4. The fourth-order valence-electron chi connectivity index (χ4n) is 3.69. The Bertz CT molecular complexity index is 917. The van der Waals surface area contributed by atoms with Crippen LogP contribution < -0.4 is 10.2 Å². The molecule has 0 radical (unpaired) electrons. The van der Waals surface area contributed by atoms with Gasteiger partial charge in [0.1, 0.15) is 12.1 Å². The highest BCUT2D eigenvalue weighted by Gasteiger charge is 2.17. The smallest absolute Gasteiger partial charge is 0.220 e. The number of piperidine rings is 1. The van der Waals surface area contributed by atoms with Gasteiger partial charge >= 0.3 is 0 Å². The van der Waals surface area contributed by atoms with Crippen LogP contribution in [0.1, 0.15) is 31.2 Å². The molecule has 1 aromatic carbocycles. The minimum atomic E-state index is 0.0592. The topological polar surface area (TPSA) is 75.9 Å². The Kier molecular flexibility index (Phi) is 5.80. The Hall–Kier alpha value is -2.96. The maximum absolute atomic E-state index is 12.1. The third-order valence-electron chi connectivity index (χ3n) is 5.20. The summed E-state index contributed by atoms with van der Waals surface area (Å²) in [4.78, 5) is 23.3. The number of aryl methyl sites for hydroxylation is 1. The van der Waals surface area contributed by atoms with E-state index in [-0.39, 0.29) is 5.91 Å². The first-order valence-electron chi connectivity index (χ1n) is 10.0. The summed E-state index contributed by atoms with van der Waals surface area (Å²) in [5, 5.41) is 8.44. The normalized spacial score (nSPS) is 14.4. The van der Waals surface area contributed by atoms with Gasteiger partial charge in [0.2, 0.25) is 5.91 Å². The molecule has 0 unspecified atom stereocenters. The zero-order valence-electron chi connectivity index (χ0n) is 16.0. The van der Waals surface area contributed by atoms with E-state index in [1.807, 2.05) is 41.2 Å². The van der Waals surface area contributed by atoms with Crippen LogP contribution in [0.4, 0.5) is 5.82 Å². The molecule has 1 fully saturated rings. The van der Waals surface area contributed by atoms with Crippen molar-refractivity contribution in [1.29, 1.82) is 0 Å². The second-order valence-corrected chi connectivity index (χ2v) is 7.19. The predicted molar refractivity (Wildman–Crippen MR) is 109 cm³/mol. The molecule has 0 bridgehead atoms. The van der Waals surface area contributed by atoms with Crippen LogP contribution in [-0.4, -0.2) is 45.3 Å². The lowest BCUT2D eigenvalue weighted by Crippen LogP contribution is -2.30. The van der Waals surface area contributed by atoms with Crippen molar-refractivity contribution in [2.45, 2.75) is 38.6 Å². The number of hydrogen-bond donors (Lipinski definition) is 1. The molecule has 1 aliphatic heterocycles. The number of nitrogens with one attached hydrogen (secondary N) is 1. The van der Waals surface area contributed by atoms with E-state index in [2.05, 4.69) is 25.3 Å². The van der Waals surface area contributed by atoms with Crippen molar-refractivity contribution in [3.05, 3.63) is 48.4 Å². The number of hydrogen-bond acceptors (Lipinski definition) is 5. The van der Waals surface area contributed by atoms with E-state index < -0.39 is 0 Å². The number of anilines is 1. The molecule has 2 aromatic heterocycles. The van der Waals surface area contributed by atoms with Crippen LogP contribution in [0, 0.1) is 0 Å². The molecule has 146 valence electrons. The summed E-state index contributed by atoms with van der Waals surface area (Å²) in [5.74, 6) is 1.03. The fourth-order valence-corrected chi connectivity index (χ4v) is 3.69. The minimum Gasteiger partial charge on any atom is -0.356 e. The van der Waals surface area contributed by atoms with Crippen LogP contribution >= 0.6 is 0 Å². The highest BCUT2D eigenvalue weighted by molar-refractivity contribution is 5.86. The van der Waals surface area contributed by atoms with E-state index in [1.54, 1.807) is 6.33 Å². The Morgan fingerprint density at radius 2 is 1.89 bits per heavy atom. The molecule has 7 heteroatoms. The molecule has 28 heavy (non-hydrogen) atoms. The zero-order chi connectivity index (χ0) is 19.2. The van der Waals surface area contributed by atoms with Crippen LogP contribution in [0.5, 0.6) is 0 Å². The highest BCUT2D eigenvalue weighted by atomic mass is 16.1.